The molecule has 0 bridgehead atoms. The molecule has 0 N–H and O–H groups in total. The monoisotopic (exact) mass is 298 g/mol. The molecule has 0 aromatic heterocycles. The summed E-state index contributed by atoms with van der Waals surface area (Å²) in [5.74, 6) is -0.188. The SMILES string of the molecule is COc1cc(C(Cl)Cc2cccc(Cl)c2)ccc1F. The fourth-order valence-corrected chi connectivity index (χ4v) is 2.39. The molecule has 0 spiro atoms. The highest BCUT2D eigenvalue weighted by atomic mass is 35.5. The molecule has 1 nitrogen and oxygen atoms in total. The summed E-state index contributed by atoms with van der Waals surface area (Å²) >= 11 is 12.3. The van der Waals surface area contributed by atoms with E-state index < -0.39 is 5.82 Å². The van der Waals surface area contributed by atoms with Crippen molar-refractivity contribution in [1.29, 1.82) is 0 Å². The van der Waals surface area contributed by atoms with Gasteiger partial charge in [0.2, 0.25) is 0 Å². The van der Waals surface area contributed by atoms with Gasteiger partial charge in [0, 0.05) is 5.02 Å². The maximum Gasteiger partial charge on any atom is 0.165 e. The number of methoxy groups -OCH3 is 1. The van der Waals surface area contributed by atoms with Gasteiger partial charge in [-0.25, -0.2) is 4.39 Å². The Kier molecular flexibility index (Phi) is 4.67. The summed E-state index contributed by atoms with van der Waals surface area (Å²) in [6.07, 6.45) is 0.622. The van der Waals surface area contributed by atoms with Crippen LogP contribution in [0, 0.1) is 5.82 Å². The van der Waals surface area contributed by atoms with Crippen LogP contribution >= 0.6 is 23.2 Å². The molecule has 0 amide bonds. The van der Waals surface area contributed by atoms with Gasteiger partial charge >= 0.3 is 0 Å². The van der Waals surface area contributed by atoms with Crippen molar-refractivity contribution in [2.75, 3.05) is 7.11 Å². The van der Waals surface area contributed by atoms with Crippen molar-refractivity contribution in [2.24, 2.45) is 0 Å². The molecule has 2 rings (SSSR count). The zero-order valence-electron chi connectivity index (χ0n) is 10.4. The van der Waals surface area contributed by atoms with E-state index >= 15 is 0 Å². The number of benzene rings is 2. The van der Waals surface area contributed by atoms with Crippen molar-refractivity contribution in [1.82, 2.24) is 0 Å². The van der Waals surface area contributed by atoms with E-state index in [9.17, 15) is 4.39 Å². The standard InChI is InChI=1S/C15H13Cl2FO/c1-19-15-9-11(5-6-14(15)18)13(17)8-10-3-2-4-12(16)7-10/h2-7,9,13H,8H2,1H3. The molecular formula is C15H13Cl2FO. The zero-order valence-corrected chi connectivity index (χ0v) is 11.9. The van der Waals surface area contributed by atoms with Gasteiger partial charge in [0.1, 0.15) is 0 Å². The van der Waals surface area contributed by atoms with Crippen LogP contribution in [0.1, 0.15) is 16.5 Å². The summed E-state index contributed by atoms with van der Waals surface area (Å²) in [5.41, 5.74) is 1.86. The normalized spacial score (nSPS) is 12.2. The van der Waals surface area contributed by atoms with Crippen LogP contribution in [0.3, 0.4) is 0 Å². The van der Waals surface area contributed by atoms with Gasteiger partial charge in [-0.05, 0) is 41.8 Å². The van der Waals surface area contributed by atoms with E-state index in [1.807, 2.05) is 24.3 Å². The van der Waals surface area contributed by atoms with Crippen LogP contribution < -0.4 is 4.74 Å². The minimum absolute atomic E-state index is 0.203. The molecule has 2 aromatic carbocycles. The molecule has 0 radical (unpaired) electrons. The quantitative estimate of drug-likeness (QED) is 0.721. The predicted octanol–water partition coefficient (Wildman–Crippen LogP) is 5.01. The smallest absolute Gasteiger partial charge is 0.165 e. The Morgan fingerprint density at radius 3 is 2.68 bits per heavy atom. The van der Waals surface area contributed by atoms with Crippen LogP contribution in [0.25, 0.3) is 0 Å². The maximum atomic E-state index is 13.3. The lowest BCUT2D eigenvalue weighted by molar-refractivity contribution is 0.386. The highest BCUT2D eigenvalue weighted by Gasteiger charge is 2.12. The third kappa shape index (κ3) is 3.62. The molecule has 0 heterocycles. The number of hydrogen-bond donors (Lipinski definition) is 0. The van der Waals surface area contributed by atoms with Crippen LogP contribution in [0.2, 0.25) is 5.02 Å². The summed E-state index contributed by atoms with van der Waals surface area (Å²) in [7, 11) is 1.43. The lowest BCUT2D eigenvalue weighted by Crippen LogP contribution is -1.98. The Labute approximate surface area is 121 Å². The van der Waals surface area contributed by atoms with Gasteiger partial charge in [0.05, 0.1) is 12.5 Å². The van der Waals surface area contributed by atoms with Crippen LogP contribution in [-0.2, 0) is 6.42 Å². The molecule has 0 saturated carbocycles. The number of rotatable bonds is 4. The molecule has 0 fully saturated rings. The molecule has 4 heteroatoms. The average molecular weight is 299 g/mol. The Bertz CT molecular complexity index is 572. The van der Waals surface area contributed by atoms with Crippen molar-refractivity contribution in [3.8, 4) is 5.75 Å². The van der Waals surface area contributed by atoms with E-state index in [-0.39, 0.29) is 11.1 Å². The molecule has 1 atom stereocenters. The van der Waals surface area contributed by atoms with Gasteiger partial charge in [0.25, 0.3) is 0 Å². The van der Waals surface area contributed by atoms with Gasteiger partial charge in [-0.1, -0.05) is 29.8 Å². The Balaban J connectivity index is 2.18. The summed E-state index contributed by atoms with van der Waals surface area (Å²) < 4.78 is 18.3. The van der Waals surface area contributed by atoms with E-state index in [1.165, 1.54) is 13.2 Å². The molecule has 0 aliphatic rings. The molecule has 100 valence electrons. The average Bonchev–Trinajstić information content (AvgIpc) is 2.39. The number of alkyl halides is 1. The summed E-state index contributed by atoms with van der Waals surface area (Å²) in [6.45, 7) is 0. The lowest BCUT2D eigenvalue weighted by atomic mass is 10.0. The second kappa shape index (κ2) is 6.27. The zero-order chi connectivity index (χ0) is 13.8. The molecular weight excluding hydrogens is 286 g/mol. The van der Waals surface area contributed by atoms with Crippen molar-refractivity contribution in [3.63, 3.8) is 0 Å². The van der Waals surface area contributed by atoms with Gasteiger partial charge in [-0.15, -0.1) is 11.6 Å². The van der Waals surface area contributed by atoms with Gasteiger partial charge < -0.3 is 4.74 Å². The molecule has 0 aliphatic carbocycles. The molecule has 1 unspecified atom stereocenters. The van der Waals surface area contributed by atoms with E-state index in [4.69, 9.17) is 27.9 Å². The molecule has 0 aliphatic heterocycles. The van der Waals surface area contributed by atoms with Gasteiger partial charge in [0.15, 0.2) is 11.6 Å². The number of ether oxygens (including phenoxy) is 1. The highest BCUT2D eigenvalue weighted by Crippen LogP contribution is 2.29. The fourth-order valence-electron chi connectivity index (χ4n) is 1.86. The van der Waals surface area contributed by atoms with Gasteiger partial charge in [-0.3, -0.25) is 0 Å². The van der Waals surface area contributed by atoms with Crippen molar-refractivity contribution < 1.29 is 9.13 Å². The van der Waals surface area contributed by atoms with Gasteiger partial charge in [-0.2, -0.15) is 0 Å². The highest BCUT2D eigenvalue weighted by molar-refractivity contribution is 6.30. The Morgan fingerprint density at radius 1 is 1.21 bits per heavy atom. The molecule has 2 aromatic rings. The van der Waals surface area contributed by atoms with Crippen LogP contribution in [0.15, 0.2) is 42.5 Å². The summed E-state index contributed by atoms with van der Waals surface area (Å²) in [5, 5.41) is 0.422. The van der Waals surface area contributed by atoms with E-state index in [0.717, 1.165) is 11.1 Å². The fraction of sp³-hybridized carbons (Fsp3) is 0.200. The third-order valence-corrected chi connectivity index (χ3v) is 3.48. The first-order valence-electron chi connectivity index (χ1n) is 5.82. The minimum Gasteiger partial charge on any atom is -0.494 e. The third-order valence-electron chi connectivity index (χ3n) is 2.84. The van der Waals surface area contributed by atoms with Crippen LogP contribution in [0.5, 0.6) is 5.75 Å². The number of halogens is 3. The predicted molar refractivity (Wildman–Crippen MR) is 76.7 cm³/mol. The second-order valence-electron chi connectivity index (χ2n) is 4.20. The largest absolute Gasteiger partial charge is 0.494 e. The first kappa shape index (κ1) is 14.2. The van der Waals surface area contributed by atoms with Crippen molar-refractivity contribution in [3.05, 3.63) is 64.4 Å². The maximum absolute atomic E-state index is 13.3. The van der Waals surface area contributed by atoms with Crippen molar-refractivity contribution >= 4 is 23.2 Å². The topological polar surface area (TPSA) is 9.23 Å². The molecule has 19 heavy (non-hydrogen) atoms. The second-order valence-corrected chi connectivity index (χ2v) is 5.16. The Morgan fingerprint density at radius 2 is 2.00 bits per heavy atom. The molecule has 0 saturated heterocycles. The van der Waals surface area contributed by atoms with Crippen molar-refractivity contribution in [2.45, 2.75) is 11.8 Å². The van der Waals surface area contributed by atoms with E-state index in [0.29, 0.717) is 11.4 Å². The summed E-state index contributed by atoms with van der Waals surface area (Å²) in [4.78, 5) is 0. The number of hydrogen-bond acceptors (Lipinski definition) is 1. The minimum atomic E-state index is -0.391. The van der Waals surface area contributed by atoms with E-state index in [2.05, 4.69) is 0 Å². The van der Waals surface area contributed by atoms with E-state index in [1.54, 1.807) is 12.1 Å². The lowest BCUT2D eigenvalue weighted by Gasteiger charge is -2.12. The first-order chi connectivity index (χ1) is 9.10. The Hall–Kier alpha value is -1.25. The summed E-state index contributed by atoms with van der Waals surface area (Å²) in [6, 6.07) is 12.2. The first-order valence-corrected chi connectivity index (χ1v) is 6.63. The van der Waals surface area contributed by atoms with Crippen LogP contribution in [-0.4, -0.2) is 7.11 Å². The van der Waals surface area contributed by atoms with Crippen LogP contribution in [0.4, 0.5) is 4.39 Å².